The summed E-state index contributed by atoms with van der Waals surface area (Å²) in [5.74, 6) is 0.624. The molecule has 11 nitrogen and oxygen atoms in total. The maximum absolute atomic E-state index is 13.5. The minimum Gasteiger partial charge on any atom is -0.488 e. The van der Waals surface area contributed by atoms with Gasteiger partial charge >= 0.3 is 5.97 Å². The monoisotopic (exact) mass is 717 g/mol. The van der Waals surface area contributed by atoms with E-state index in [0.29, 0.717) is 74.5 Å². The summed E-state index contributed by atoms with van der Waals surface area (Å²) in [4.78, 5) is 28.8. The molecule has 1 N–H and O–H groups in total. The van der Waals surface area contributed by atoms with Crippen LogP contribution in [-0.4, -0.2) is 71.2 Å². The number of morpholine rings is 1. The molecular formula is C42H47N5O6. The van der Waals surface area contributed by atoms with E-state index in [0.717, 1.165) is 22.3 Å². The number of amides is 1. The van der Waals surface area contributed by atoms with E-state index in [2.05, 4.69) is 34.4 Å². The van der Waals surface area contributed by atoms with E-state index < -0.39 is 6.04 Å². The molecular weight excluding hydrogens is 670 g/mol. The van der Waals surface area contributed by atoms with Crippen LogP contribution in [0.2, 0.25) is 0 Å². The van der Waals surface area contributed by atoms with Crippen molar-refractivity contribution >= 4 is 11.9 Å². The molecule has 5 aromatic rings. The smallest absolute Gasteiger partial charge is 0.328 e. The van der Waals surface area contributed by atoms with Gasteiger partial charge in [-0.2, -0.15) is 0 Å². The molecule has 0 aliphatic carbocycles. The lowest BCUT2D eigenvalue weighted by Gasteiger charge is -2.33. The Kier molecular flexibility index (Phi) is 12.5. The van der Waals surface area contributed by atoms with Crippen LogP contribution in [0.5, 0.6) is 11.5 Å². The quantitative estimate of drug-likeness (QED) is 0.115. The molecule has 6 rings (SSSR count). The molecule has 1 saturated heterocycles. The van der Waals surface area contributed by atoms with Gasteiger partial charge in [-0.25, -0.2) is 9.48 Å². The zero-order valence-electron chi connectivity index (χ0n) is 30.8. The molecule has 1 fully saturated rings. The Bertz CT molecular complexity index is 1960. The fraction of sp³-hybridized carbons (Fsp3) is 0.333. The Hall–Kier alpha value is -5.52. The number of carbonyl (C=O) groups excluding carboxylic acids is 2. The molecule has 1 aromatic heterocycles. The van der Waals surface area contributed by atoms with Gasteiger partial charge in [0.05, 0.1) is 19.8 Å². The van der Waals surface area contributed by atoms with Gasteiger partial charge in [0.1, 0.15) is 42.1 Å². The Balaban J connectivity index is 1.45. The van der Waals surface area contributed by atoms with Crippen LogP contribution in [0.25, 0.3) is 16.9 Å². The highest BCUT2D eigenvalue weighted by molar-refractivity contribution is 5.98. The van der Waals surface area contributed by atoms with Crippen molar-refractivity contribution < 1.29 is 28.5 Å². The van der Waals surface area contributed by atoms with Crippen molar-refractivity contribution in [1.82, 2.24) is 25.2 Å². The van der Waals surface area contributed by atoms with Crippen molar-refractivity contribution in [1.29, 1.82) is 0 Å². The number of nitrogens with one attached hydrogen (secondary N) is 1. The van der Waals surface area contributed by atoms with Crippen LogP contribution in [0.3, 0.4) is 0 Å². The number of ether oxygens (including phenoxy) is 4. The minimum atomic E-state index is -0.589. The molecule has 1 unspecified atom stereocenters. The van der Waals surface area contributed by atoms with Gasteiger partial charge in [0.2, 0.25) is 0 Å². The first-order valence-corrected chi connectivity index (χ1v) is 18.2. The van der Waals surface area contributed by atoms with Gasteiger partial charge in [0.15, 0.2) is 5.69 Å². The Morgan fingerprint density at radius 1 is 0.830 bits per heavy atom. The molecule has 1 aliphatic heterocycles. The maximum atomic E-state index is 13.5. The van der Waals surface area contributed by atoms with Gasteiger partial charge in [-0.05, 0) is 48.1 Å². The van der Waals surface area contributed by atoms with E-state index in [-0.39, 0.29) is 30.1 Å². The van der Waals surface area contributed by atoms with Gasteiger partial charge in [0, 0.05) is 31.3 Å². The summed E-state index contributed by atoms with van der Waals surface area (Å²) in [5, 5.41) is 11.9. The summed E-state index contributed by atoms with van der Waals surface area (Å²) in [6, 6.07) is 30.9. The fourth-order valence-corrected chi connectivity index (χ4v) is 6.38. The van der Waals surface area contributed by atoms with Crippen LogP contribution in [-0.2, 0) is 27.5 Å². The maximum Gasteiger partial charge on any atom is 0.328 e. The van der Waals surface area contributed by atoms with Crippen molar-refractivity contribution in [2.75, 3.05) is 39.5 Å². The average molecular weight is 718 g/mol. The highest BCUT2D eigenvalue weighted by Gasteiger charge is 2.31. The van der Waals surface area contributed by atoms with Crippen molar-refractivity contribution in [3.05, 3.63) is 125 Å². The average Bonchev–Trinajstić information content (AvgIpc) is 3.63. The first-order chi connectivity index (χ1) is 25.9. The molecule has 0 spiro atoms. The summed E-state index contributed by atoms with van der Waals surface area (Å²) in [7, 11) is 0. The molecule has 276 valence electrons. The summed E-state index contributed by atoms with van der Waals surface area (Å²) < 4.78 is 25.7. The second-order valence-electron chi connectivity index (χ2n) is 13.0. The van der Waals surface area contributed by atoms with E-state index in [9.17, 15) is 9.59 Å². The molecule has 1 atom stereocenters. The Labute approximate surface area is 310 Å². The number of hydrogen-bond donors (Lipinski definition) is 1. The second-order valence-corrected chi connectivity index (χ2v) is 13.0. The van der Waals surface area contributed by atoms with E-state index in [1.54, 1.807) is 11.6 Å². The predicted octanol–water partition coefficient (Wildman–Crippen LogP) is 6.90. The molecule has 1 amide bonds. The molecule has 1 aliphatic rings. The number of hydrogen-bond acceptors (Lipinski definition) is 9. The summed E-state index contributed by atoms with van der Waals surface area (Å²) in [5.41, 5.74) is 5.71. The van der Waals surface area contributed by atoms with E-state index in [1.165, 1.54) is 0 Å². The fourth-order valence-electron chi connectivity index (χ4n) is 6.38. The molecule has 0 radical (unpaired) electrons. The molecule has 53 heavy (non-hydrogen) atoms. The minimum absolute atomic E-state index is 0.0804. The zero-order valence-corrected chi connectivity index (χ0v) is 30.8. The van der Waals surface area contributed by atoms with Crippen molar-refractivity contribution in [2.45, 2.75) is 52.9 Å². The van der Waals surface area contributed by atoms with E-state index in [1.807, 2.05) is 104 Å². The summed E-state index contributed by atoms with van der Waals surface area (Å²) >= 11 is 0. The van der Waals surface area contributed by atoms with Gasteiger partial charge in [-0.15, -0.1) is 5.10 Å². The van der Waals surface area contributed by atoms with Crippen molar-refractivity contribution in [3.8, 4) is 28.4 Å². The third kappa shape index (κ3) is 8.93. The van der Waals surface area contributed by atoms with Crippen molar-refractivity contribution in [3.63, 3.8) is 0 Å². The highest BCUT2D eigenvalue weighted by atomic mass is 16.5. The van der Waals surface area contributed by atoms with Crippen LogP contribution < -0.4 is 14.8 Å². The molecule has 4 aromatic carbocycles. The Morgan fingerprint density at radius 3 is 2.04 bits per heavy atom. The highest BCUT2D eigenvalue weighted by Crippen LogP contribution is 2.39. The Morgan fingerprint density at radius 2 is 1.45 bits per heavy atom. The lowest BCUT2D eigenvalue weighted by Crippen LogP contribution is -2.42. The van der Waals surface area contributed by atoms with E-state index in [4.69, 9.17) is 18.9 Å². The van der Waals surface area contributed by atoms with Gasteiger partial charge in [0.25, 0.3) is 5.91 Å². The van der Waals surface area contributed by atoms with Gasteiger partial charge in [-0.3, -0.25) is 9.69 Å². The lowest BCUT2D eigenvalue weighted by atomic mass is 9.99. The molecule has 0 saturated carbocycles. The third-order valence-electron chi connectivity index (χ3n) is 9.06. The van der Waals surface area contributed by atoms with Crippen molar-refractivity contribution in [2.24, 2.45) is 0 Å². The lowest BCUT2D eigenvalue weighted by molar-refractivity contribution is -0.151. The predicted molar refractivity (Wildman–Crippen MR) is 202 cm³/mol. The van der Waals surface area contributed by atoms with Crippen LogP contribution >= 0.6 is 0 Å². The molecule has 2 heterocycles. The third-order valence-corrected chi connectivity index (χ3v) is 9.06. The van der Waals surface area contributed by atoms with Crippen LogP contribution in [0.4, 0.5) is 0 Å². The number of esters is 1. The van der Waals surface area contributed by atoms with Crippen LogP contribution in [0.15, 0.2) is 97.1 Å². The largest absolute Gasteiger partial charge is 0.488 e. The van der Waals surface area contributed by atoms with Crippen LogP contribution in [0, 0.1) is 0 Å². The SMILES string of the molecule is CCNC(=O)c1nnn(-c2cc(C(C)C)c(OCc3ccccc3)cc2OCc2ccccc2)c1-c1ccc(C(C(=O)OCC)N2CCOCC2)cc1. The van der Waals surface area contributed by atoms with Gasteiger partial charge in [-0.1, -0.05) is 104 Å². The number of benzene rings is 4. The first-order valence-electron chi connectivity index (χ1n) is 18.2. The number of nitrogens with zero attached hydrogens (tertiary/aromatic N) is 4. The summed E-state index contributed by atoms with van der Waals surface area (Å²) in [6.07, 6.45) is 0. The summed E-state index contributed by atoms with van der Waals surface area (Å²) in [6.45, 7) is 11.6. The number of carbonyl (C=O) groups is 2. The normalized spacial score (nSPS) is 13.8. The zero-order chi connectivity index (χ0) is 37.2. The molecule has 0 bridgehead atoms. The first kappa shape index (κ1) is 37.2. The second kappa shape index (κ2) is 17.8. The number of aromatic nitrogens is 3. The van der Waals surface area contributed by atoms with Gasteiger partial charge < -0.3 is 24.3 Å². The topological polar surface area (TPSA) is 117 Å². The standard InChI is InChI=1S/C42H47N5O6/c1-5-43-41(48)38-39(32-17-19-33(20-18-32)40(42(49)51-6-2)46-21-23-50-24-22-46)47(45-44-38)35-25-34(29(3)4)36(52-27-30-13-9-7-10-14-30)26-37(35)53-28-31-15-11-8-12-16-31/h7-20,25-26,29,40H,5-6,21-24,27-28H2,1-4H3,(H,43,48). The number of rotatable bonds is 15. The van der Waals surface area contributed by atoms with E-state index >= 15 is 0 Å². The van der Waals surface area contributed by atoms with Crippen LogP contribution in [0.1, 0.15) is 72.4 Å². The molecule has 11 heteroatoms.